The molecule has 1 fully saturated rings. The summed E-state index contributed by atoms with van der Waals surface area (Å²) >= 11 is 11.0. The third kappa shape index (κ3) is 8.06. The summed E-state index contributed by atoms with van der Waals surface area (Å²) in [7, 11) is 0. The van der Waals surface area contributed by atoms with Crippen LogP contribution in [0.2, 0.25) is 0 Å². The Morgan fingerprint density at radius 2 is 1.79 bits per heavy atom. The second-order valence-corrected chi connectivity index (χ2v) is 7.74. The number of piperidine rings is 1. The van der Waals surface area contributed by atoms with Crippen LogP contribution in [0.15, 0.2) is 0 Å². The lowest BCUT2D eigenvalue weighted by Crippen LogP contribution is -2.48. The van der Waals surface area contributed by atoms with Gasteiger partial charge in [-0.05, 0) is 33.6 Å². The van der Waals surface area contributed by atoms with Gasteiger partial charge in [-0.25, -0.2) is 4.79 Å². The smallest absolute Gasteiger partial charge is 0.407 e. The first-order chi connectivity index (χ1) is 11.1. The fourth-order valence-electron chi connectivity index (χ4n) is 2.28. The van der Waals surface area contributed by atoms with E-state index in [4.69, 9.17) is 27.9 Å². The van der Waals surface area contributed by atoms with E-state index in [2.05, 4.69) is 10.6 Å². The molecule has 0 aliphatic carbocycles. The number of carbonyl (C=O) groups excluding carboxylic acids is 3. The molecule has 0 spiro atoms. The Hall–Kier alpha value is -1.21. The molecule has 3 amide bonds. The molecule has 0 aromatic rings. The molecule has 7 nitrogen and oxygen atoms in total. The minimum Gasteiger partial charge on any atom is -0.444 e. The molecule has 0 saturated carbocycles. The lowest BCUT2D eigenvalue weighted by Gasteiger charge is -2.32. The highest BCUT2D eigenvalue weighted by Crippen LogP contribution is 2.13. The Bertz CT molecular complexity index is 458. The molecule has 2 N–H and O–H groups in total. The van der Waals surface area contributed by atoms with Gasteiger partial charge < -0.3 is 20.3 Å². The van der Waals surface area contributed by atoms with Crippen molar-refractivity contribution in [3.05, 3.63) is 0 Å². The molecule has 1 aliphatic rings. The molecule has 1 rings (SSSR count). The second kappa shape index (κ2) is 9.32. The largest absolute Gasteiger partial charge is 0.444 e. The standard InChI is InChI=1S/C15H25Cl2N3O4/c1-15(2,3)24-14(23)18-7-4-11(21)20-8-5-10(6-9-20)19-13(22)12(16)17/h10,12H,4-9H2,1-3H3,(H,18,23)(H,19,22). The maximum Gasteiger partial charge on any atom is 0.407 e. The van der Waals surface area contributed by atoms with E-state index in [1.165, 1.54) is 0 Å². The topological polar surface area (TPSA) is 87.7 Å². The van der Waals surface area contributed by atoms with Gasteiger partial charge in [-0.1, -0.05) is 23.2 Å². The van der Waals surface area contributed by atoms with E-state index < -0.39 is 22.4 Å². The zero-order chi connectivity index (χ0) is 18.3. The van der Waals surface area contributed by atoms with Gasteiger partial charge in [0, 0.05) is 32.1 Å². The molecule has 0 radical (unpaired) electrons. The van der Waals surface area contributed by atoms with Gasteiger partial charge in [0.25, 0.3) is 5.91 Å². The van der Waals surface area contributed by atoms with Gasteiger partial charge in [-0.2, -0.15) is 0 Å². The Morgan fingerprint density at radius 3 is 2.29 bits per heavy atom. The zero-order valence-corrected chi connectivity index (χ0v) is 15.7. The van der Waals surface area contributed by atoms with Crippen molar-refractivity contribution in [2.45, 2.75) is 56.5 Å². The van der Waals surface area contributed by atoms with Crippen LogP contribution in [0.5, 0.6) is 0 Å². The third-order valence-corrected chi connectivity index (χ3v) is 3.80. The lowest BCUT2D eigenvalue weighted by molar-refractivity contribution is -0.132. The van der Waals surface area contributed by atoms with Gasteiger partial charge >= 0.3 is 6.09 Å². The molecule has 0 bridgehead atoms. The predicted molar refractivity (Wildman–Crippen MR) is 92.1 cm³/mol. The number of alkyl carbamates (subject to hydrolysis) is 1. The Balaban J connectivity index is 2.24. The Kier molecular flexibility index (Phi) is 8.09. The van der Waals surface area contributed by atoms with Crippen LogP contribution in [0.4, 0.5) is 4.79 Å². The number of halogens is 2. The molecule has 0 aromatic carbocycles. The van der Waals surface area contributed by atoms with Gasteiger partial charge in [-0.15, -0.1) is 0 Å². The zero-order valence-electron chi connectivity index (χ0n) is 14.2. The number of rotatable bonds is 5. The quantitative estimate of drug-likeness (QED) is 0.710. The summed E-state index contributed by atoms with van der Waals surface area (Å²) in [6.07, 6.45) is 0.977. The molecule has 9 heteroatoms. The van der Waals surface area contributed by atoms with Crippen LogP contribution in [0.25, 0.3) is 0 Å². The average molecular weight is 382 g/mol. The highest BCUT2D eigenvalue weighted by molar-refractivity contribution is 6.53. The number of amides is 3. The molecule has 1 aliphatic heterocycles. The minimum absolute atomic E-state index is 0.0264. The fourth-order valence-corrected chi connectivity index (χ4v) is 2.41. The maximum atomic E-state index is 12.1. The molecular formula is C15H25Cl2N3O4. The molecule has 0 aromatic heterocycles. The van der Waals surface area contributed by atoms with Crippen LogP contribution in [0.3, 0.4) is 0 Å². The van der Waals surface area contributed by atoms with Crippen LogP contribution < -0.4 is 10.6 Å². The molecular weight excluding hydrogens is 357 g/mol. The summed E-state index contributed by atoms with van der Waals surface area (Å²) in [6, 6.07) is -0.0264. The normalized spacial score (nSPS) is 16.0. The number of carbonyl (C=O) groups is 3. The summed E-state index contributed by atoms with van der Waals surface area (Å²) in [5.41, 5.74) is -0.564. The lowest BCUT2D eigenvalue weighted by atomic mass is 10.0. The van der Waals surface area contributed by atoms with Gasteiger partial charge in [0.2, 0.25) is 5.91 Å². The predicted octanol–water partition coefficient (Wildman–Crippen LogP) is 1.81. The SMILES string of the molecule is CC(C)(C)OC(=O)NCCC(=O)N1CCC(NC(=O)C(Cl)Cl)CC1. The Morgan fingerprint density at radius 1 is 1.21 bits per heavy atom. The first kappa shape index (κ1) is 20.8. The van der Waals surface area contributed by atoms with Crippen molar-refractivity contribution >= 4 is 41.1 Å². The van der Waals surface area contributed by atoms with E-state index in [9.17, 15) is 14.4 Å². The van der Waals surface area contributed by atoms with Crippen molar-refractivity contribution in [1.82, 2.24) is 15.5 Å². The van der Waals surface area contributed by atoms with Crippen LogP contribution >= 0.6 is 23.2 Å². The summed E-state index contributed by atoms with van der Waals surface area (Å²) in [6.45, 7) is 6.65. The van der Waals surface area contributed by atoms with E-state index >= 15 is 0 Å². The molecule has 24 heavy (non-hydrogen) atoms. The van der Waals surface area contributed by atoms with E-state index in [1.54, 1.807) is 25.7 Å². The summed E-state index contributed by atoms with van der Waals surface area (Å²) in [5.74, 6) is -0.451. The van der Waals surface area contributed by atoms with Crippen LogP contribution in [-0.2, 0) is 14.3 Å². The molecule has 138 valence electrons. The highest BCUT2D eigenvalue weighted by Gasteiger charge is 2.25. The van der Waals surface area contributed by atoms with E-state index in [0.717, 1.165) is 0 Å². The van der Waals surface area contributed by atoms with Gasteiger partial charge in [0.05, 0.1) is 0 Å². The van der Waals surface area contributed by atoms with Gasteiger partial charge in [0.15, 0.2) is 4.84 Å². The molecule has 0 atom stereocenters. The first-order valence-electron chi connectivity index (χ1n) is 7.91. The minimum atomic E-state index is -1.08. The summed E-state index contributed by atoms with van der Waals surface area (Å²) in [4.78, 5) is 35.7. The first-order valence-corrected chi connectivity index (χ1v) is 8.79. The van der Waals surface area contributed by atoms with E-state index in [1.807, 2.05) is 0 Å². The number of hydrogen-bond acceptors (Lipinski definition) is 4. The van der Waals surface area contributed by atoms with Crippen molar-refractivity contribution in [3.8, 4) is 0 Å². The monoisotopic (exact) mass is 381 g/mol. The number of likely N-dealkylation sites (tertiary alicyclic amines) is 1. The molecule has 1 heterocycles. The van der Waals surface area contributed by atoms with Crippen LogP contribution in [0, 0.1) is 0 Å². The third-order valence-electron chi connectivity index (χ3n) is 3.40. The number of nitrogens with one attached hydrogen (secondary N) is 2. The number of hydrogen-bond donors (Lipinski definition) is 2. The van der Waals surface area contributed by atoms with E-state index in [0.29, 0.717) is 25.9 Å². The number of nitrogens with zero attached hydrogens (tertiary/aromatic N) is 1. The second-order valence-electron chi connectivity index (χ2n) is 6.64. The van der Waals surface area contributed by atoms with Crippen LogP contribution in [0.1, 0.15) is 40.0 Å². The highest BCUT2D eigenvalue weighted by atomic mass is 35.5. The van der Waals surface area contributed by atoms with Crippen molar-refractivity contribution in [1.29, 1.82) is 0 Å². The number of alkyl halides is 2. The summed E-state index contributed by atoms with van der Waals surface area (Å²) in [5, 5.41) is 5.30. The number of ether oxygens (including phenoxy) is 1. The average Bonchev–Trinajstić information content (AvgIpc) is 2.45. The fraction of sp³-hybridized carbons (Fsp3) is 0.800. The van der Waals surface area contributed by atoms with Crippen molar-refractivity contribution in [3.63, 3.8) is 0 Å². The van der Waals surface area contributed by atoms with Gasteiger partial charge in [-0.3, -0.25) is 9.59 Å². The van der Waals surface area contributed by atoms with Gasteiger partial charge in [0.1, 0.15) is 5.60 Å². The van der Waals surface area contributed by atoms with E-state index in [-0.39, 0.29) is 24.9 Å². The van der Waals surface area contributed by atoms with Crippen molar-refractivity contribution < 1.29 is 19.1 Å². The maximum absolute atomic E-state index is 12.1. The van der Waals surface area contributed by atoms with Crippen molar-refractivity contribution in [2.75, 3.05) is 19.6 Å². The van der Waals surface area contributed by atoms with Crippen molar-refractivity contribution in [2.24, 2.45) is 0 Å². The summed E-state index contributed by atoms with van der Waals surface area (Å²) < 4.78 is 5.10. The molecule has 1 saturated heterocycles. The Labute approximate surface area is 152 Å². The molecule has 0 unspecified atom stereocenters. The van der Waals surface area contributed by atoms with Crippen LogP contribution in [-0.4, -0.2) is 58.9 Å².